The number of carbonyl (C=O) groups excluding carboxylic acids is 1. The molecule has 1 amide bonds. The van der Waals surface area contributed by atoms with Crippen molar-refractivity contribution < 1.29 is 9.53 Å². The van der Waals surface area contributed by atoms with E-state index in [1.54, 1.807) is 16.7 Å². The molecule has 0 spiro atoms. The van der Waals surface area contributed by atoms with Gasteiger partial charge in [0.05, 0.1) is 12.6 Å². The monoisotopic (exact) mass is 267 g/mol. The average molecular weight is 267 g/mol. The predicted molar refractivity (Wildman–Crippen MR) is 75.3 cm³/mol. The van der Waals surface area contributed by atoms with E-state index in [0.29, 0.717) is 24.8 Å². The minimum Gasteiger partial charge on any atom is -0.383 e. The van der Waals surface area contributed by atoms with Crippen LogP contribution >= 0.6 is 0 Å². The van der Waals surface area contributed by atoms with Gasteiger partial charge in [-0.25, -0.2) is 0 Å². The molecule has 0 N–H and O–H groups in total. The van der Waals surface area contributed by atoms with Gasteiger partial charge in [-0.3, -0.25) is 9.48 Å². The van der Waals surface area contributed by atoms with Crippen molar-refractivity contribution in [1.82, 2.24) is 14.7 Å². The van der Waals surface area contributed by atoms with Crippen LogP contribution in [0.4, 0.5) is 0 Å². The number of likely N-dealkylation sites (N-methyl/N-ethyl adjacent to an activating group) is 1. The molecule has 1 aromatic rings. The van der Waals surface area contributed by atoms with Crippen molar-refractivity contribution in [2.24, 2.45) is 7.05 Å². The Morgan fingerprint density at radius 1 is 1.47 bits per heavy atom. The summed E-state index contributed by atoms with van der Waals surface area (Å²) in [5, 5.41) is 4.33. The summed E-state index contributed by atoms with van der Waals surface area (Å²) in [6.45, 7) is 9.32. The van der Waals surface area contributed by atoms with Gasteiger partial charge in [0.2, 0.25) is 0 Å². The van der Waals surface area contributed by atoms with Crippen LogP contribution in [0, 0.1) is 0 Å². The standard InChI is InChI=1S/C14H25N3O2/c1-7-17(11(4)9-19-6)14(18)12-8-13(10(2)3)16(5)15-12/h8,10-11H,7,9H2,1-6H3. The lowest BCUT2D eigenvalue weighted by atomic mass is 10.1. The van der Waals surface area contributed by atoms with E-state index in [4.69, 9.17) is 4.74 Å². The van der Waals surface area contributed by atoms with Crippen LogP contribution in [0.25, 0.3) is 0 Å². The third-order valence-electron chi connectivity index (χ3n) is 3.27. The van der Waals surface area contributed by atoms with Crippen molar-refractivity contribution >= 4 is 5.91 Å². The number of hydrogen-bond acceptors (Lipinski definition) is 3. The van der Waals surface area contributed by atoms with E-state index < -0.39 is 0 Å². The number of aromatic nitrogens is 2. The van der Waals surface area contributed by atoms with E-state index in [2.05, 4.69) is 18.9 Å². The predicted octanol–water partition coefficient (Wildman–Crippen LogP) is 2.04. The second kappa shape index (κ2) is 6.70. The zero-order valence-corrected chi connectivity index (χ0v) is 12.8. The Bertz CT molecular complexity index is 426. The first-order chi connectivity index (χ1) is 8.92. The minimum absolute atomic E-state index is 0.0328. The van der Waals surface area contributed by atoms with Crippen molar-refractivity contribution in [3.8, 4) is 0 Å². The molecule has 5 heteroatoms. The van der Waals surface area contributed by atoms with E-state index in [0.717, 1.165) is 5.69 Å². The van der Waals surface area contributed by atoms with Gasteiger partial charge in [0.15, 0.2) is 5.69 Å². The molecule has 1 rings (SSSR count). The largest absolute Gasteiger partial charge is 0.383 e. The van der Waals surface area contributed by atoms with Crippen LogP contribution in [0.1, 0.15) is 49.8 Å². The maximum absolute atomic E-state index is 12.5. The fourth-order valence-corrected chi connectivity index (χ4v) is 2.26. The van der Waals surface area contributed by atoms with Gasteiger partial charge in [-0.1, -0.05) is 13.8 Å². The summed E-state index contributed by atoms with van der Waals surface area (Å²) in [4.78, 5) is 14.3. The van der Waals surface area contributed by atoms with E-state index >= 15 is 0 Å². The second-order valence-corrected chi connectivity index (χ2v) is 5.13. The molecule has 0 aliphatic rings. The molecule has 0 aliphatic carbocycles. The molecule has 1 aromatic heterocycles. The summed E-state index contributed by atoms with van der Waals surface area (Å²) in [7, 11) is 3.52. The molecule has 0 fully saturated rings. The van der Waals surface area contributed by atoms with Gasteiger partial charge >= 0.3 is 0 Å². The van der Waals surface area contributed by atoms with Crippen molar-refractivity contribution in [1.29, 1.82) is 0 Å². The molecule has 0 bridgehead atoms. The Morgan fingerprint density at radius 3 is 2.53 bits per heavy atom. The fourth-order valence-electron chi connectivity index (χ4n) is 2.26. The summed E-state index contributed by atoms with van der Waals surface area (Å²) in [6, 6.07) is 1.93. The lowest BCUT2D eigenvalue weighted by Crippen LogP contribution is -2.41. The summed E-state index contributed by atoms with van der Waals surface area (Å²) < 4.78 is 6.90. The number of amides is 1. The number of hydrogen-bond donors (Lipinski definition) is 0. The van der Waals surface area contributed by atoms with E-state index in [1.807, 2.05) is 27.0 Å². The van der Waals surface area contributed by atoms with Gasteiger partial charge < -0.3 is 9.64 Å². The summed E-state index contributed by atoms with van der Waals surface area (Å²) >= 11 is 0. The zero-order chi connectivity index (χ0) is 14.6. The molecule has 19 heavy (non-hydrogen) atoms. The minimum atomic E-state index is -0.0328. The van der Waals surface area contributed by atoms with E-state index in [9.17, 15) is 4.79 Å². The maximum Gasteiger partial charge on any atom is 0.274 e. The second-order valence-electron chi connectivity index (χ2n) is 5.13. The number of rotatable bonds is 6. The molecular formula is C14H25N3O2. The Labute approximate surface area is 115 Å². The molecule has 0 saturated carbocycles. The van der Waals surface area contributed by atoms with Crippen molar-refractivity contribution in [2.45, 2.75) is 39.7 Å². The quantitative estimate of drug-likeness (QED) is 0.792. The van der Waals surface area contributed by atoms with Gasteiger partial charge in [0.25, 0.3) is 5.91 Å². The van der Waals surface area contributed by atoms with Crippen LogP contribution in [0.3, 0.4) is 0 Å². The van der Waals surface area contributed by atoms with Crippen molar-refractivity contribution in [3.05, 3.63) is 17.5 Å². The normalized spacial score (nSPS) is 12.8. The van der Waals surface area contributed by atoms with Gasteiger partial charge in [0.1, 0.15) is 0 Å². The smallest absolute Gasteiger partial charge is 0.274 e. The average Bonchev–Trinajstić information content (AvgIpc) is 2.72. The zero-order valence-electron chi connectivity index (χ0n) is 12.8. The molecule has 0 aromatic carbocycles. The molecule has 0 saturated heterocycles. The van der Waals surface area contributed by atoms with Crippen LogP contribution in [0.5, 0.6) is 0 Å². The van der Waals surface area contributed by atoms with E-state index in [-0.39, 0.29) is 11.9 Å². The number of nitrogens with zero attached hydrogens (tertiary/aromatic N) is 3. The first-order valence-corrected chi connectivity index (χ1v) is 6.76. The van der Waals surface area contributed by atoms with Gasteiger partial charge in [-0.15, -0.1) is 0 Å². The van der Waals surface area contributed by atoms with E-state index in [1.165, 1.54) is 0 Å². The summed E-state index contributed by atoms with van der Waals surface area (Å²) in [6.07, 6.45) is 0. The maximum atomic E-state index is 12.5. The first-order valence-electron chi connectivity index (χ1n) is 6.76. The van der Waals surface area contributed by atoms with Crippen LogP contribution in [-0.4, -0.2) is 46.9 Å². The highest BCUT2D eigenvalue weighted by Crippen LogP contribution is 2.16. The number of ether oxygens (including phenoxy) is 1. The lowest BCUT2D eigenvalue weighted by molar-refractivity contribution is 0.0573. The number of methoxy groups -OCH3 is 1. The lowest BCUT2D eigenvalue weighted by Gasteiger charge is -2.26. The third kappa shape index (κ3) is 3.56. The van der Waals surface area contributed by atoms with Crippen LogP contribution in [-0.2, 0) is 11.8 Å². The van der Waals surface area contributed by atoms with Gasteiger partial charge in [0, 0.05) is 26.4 Å². The molecule has 1 heterocycles. The first kappa shape index (κ1) is 15.7. The molecule has 0 radical (unpaired) electrons. The summed E-state index contributed by atoms with van der Waals surface area (Å²) in [5.41, 5.74) is 1.58. The third-order valence-corrected chi connectivity index (χ3v) is 3.27. The SMILES string of the molecule is CCN(C(=O)c1cc(C(C)C)n(C)n1)C(C)COC. The topological polar surface area (TPSA) is 47.4 Å². The van der Waals surface area contributed by atoms with Crippen LogP contribution in [0.15, 0.2) is 6.07 Å². The molecule has 0 aliphatic heterocycles. The highest BCUT2D eigenvalue weighted by molar-refractivity contribution is 5.92. The Balaban J connectivity index is 2.94. The van der Waals surface area contributed by atoms with Crippen LogP contribution in [0.2, 0.25) is 0 Å². The Hall–Kier alpha value is -1.36. The summed E-state index contributed by atoms with van der Waals surface area (Å²) in [5.74, 6) is 0.320. The Morgan fingerprint density at radius 2 is 2.11 bits per heavy atom. The molecule has 1 atom stereocenters. The Kier molecular flexibility index (Phi) is 5.54. The fraction of sp³-hybridized carbons (Fsp3) is 0.714. The van der Waals surface area contributed by atoms with Gasteiger partial charge in [-0.2, -0.15) is 5.10 Å². The van der Waals surface area contributed by atoms with Gasteiger partial charge in [-0.05, 0) is 25.8 Å². The molecule has 108 valence electrons. The number of aryl methyl sites for hydroxylation is 1. The van der Waals surface area contributed by atoms with Crippen molar-refractivity contribution in [3.63, 3.8) is 0 Å². The van der Waals surface area contributed by atoms with Crippen LogP contribution < -0.4 is 0 Å². The molecule has 5 nitrogen and oxygen atoms in total. The highest BCUT2D eigenvalue weighted by atomic mass is 16.5. The highest BCUT2D eigenvalue weighted by Gasteiger charge is 2.23. The molecule has 1 unspecified atom stereocenters. The molecular weight excluding hydrogens is 242 g/mol. The van der Waals surface area contributed by atoms with Crippen molar-refractivity contribution in [2.75, 3.05) is 20.3 Å². The number of carbonyl (C=O) groups is 1.